The van der Waals surface area contributed by atoms with Gasteiger partial charge in [-0.25, -0.2) is 9.78 Å². The van der Waals surface area contributed by atoms with E-state index in [0.717, 1.165) is 6.08 Å². The van der Waals surface area contributed by atoms with Gasteiger partial charge in [0.05, 0.1) is 27.9 Å². The Morgan fingerprint density at radius 1 is 1.10 bits per heavy atom. The number of hydrogen-bond acceptors (Lipinski definition) is 6. The molecule has 18 heteroatoms. The van der Waals surface area contributed by atoms with Crippen molar-refractivity contribution in [2.24, 2.45) is 0 Å². The second kappa shape index (κ2) is 12.4. The maximum atomic E-state index is 13.8. The monoisotopic (exact) mass is 673 g/mol. The molecule has 1 heterocycles. The predicted molar refractivity (Wildman–Crippen MR) is 127 cm³/mol. The molecule has 0 aliphatic carbocycles. The van der Waals surface area contributed by atoms with Gasteiger partial charge in [0, 0.05) is 13.2 Å². The van der Waals surface area contributed by atoms with Crippen LogP contribution in [0.5, 0.6) is 0 Å². The Bertz CT molecular complexity index is 1330. The van der Waals surface area contributed by atoms with E-state index in [1.807, 2.05) is 0 Å². The first-order valence-corrected chi connectivity index (χ1v) is 12.0. The van der Waals surface area contributed by atoms with Crippen LogP contribution >= 0.6 is 27.5 Å². The quantitative estimate of drug-likeness (QED) is 0.124. The minimum atomic E-state index is -5.43. The standard InChI is InChI=1S/C22H18BrClF9N3O4/c1-4-7-35-16(37)14(24)15(22(31,32)33)34-19(35)36(17(39-5-2)18(38)40-6-3)12-9-10(20(25,26)27)8-11(13(12)23)21(28,29)30/h4,8-9,17H,1,5-7H2,2-3H3. The van der Waals surface area contributed by atoms with Crippen LogP contribution in [0.4, 0.5) is 51.1 Å². The largest absolute Gasteiger partial charge is 0.463 e. The van der Waals surface area contributed by atoms with Crippen molar-refractivity contribution in [3.05, 3.63) is 61.5 Å². The molecule has 0 N–H and O–H groups in total. The van der Waals surface area contributed by atoms with E-state index in [-0.39, 0.29) is 23.6 Å². The zero-order chi connectivity index (χ0) is 30.8. The van der Waals surface area contributed by atoms with Gasteiger partial charge in [0.2, 0.25) is 12.2 Å². The number of ether oxygens (including phenoxy) is 2. The number of carbonyl (C=O) groups excluding carboxylic acids is 1. The van der Waals surface area contributed by atoms with E-state index >= 15 is 0 Å². The van der Waals surface area contributed by atoms with Crippen LogP contribution in [-0.2, 0) is 39.3 Å². The summed E-state index contributed by atoms with van der Waals surface area (Å²) in [5.41, 5.74) is -8.62. The molecule has 0 saturated carbocycles. The van der Waals surface area contributed by atoms with Crippen molar-refractivity contribution in [1.29, 1.82) is 0 Å². The lowest BCUT2D eigenvalue weighted by Crippen LogP contribution is -2.45. The van der Waals surface area contributed by atoms with Gasteiger partial charge < -0.3 is 9.47 Å². The highest BCUT2D eigenvalue weighted by atomic mass is 79.9. The smallest absolute Gasteiger partial charge is 0.435 e. The normalized spacial score (nSPS) is 13.2. The fourth-order valence-electron chi connectivity index (χ4n) is 3.30. The number of alkyl halides is 9. The van der Waals surface area contributed by atoms with Crippen molar-refractivity contribution < 1.29 is 53.8 Å². The molecule has 0 aliphatic rings. The minimum Gasteiger partial charge on any atom is -0.463 e. The lowest BCUT2D eigenvalue weighted by atomic mass is 10.1. The van der Waals surface area contributed by atoms with Crippen molar-refractivity contribution in [3.63, 3.8) is 0 Å². The molecule has 40 heavy (non-hydrogen) atoms. The number of nitrogens with zero attached hydrogens (tertiary/aromatic N) is 3. The number of rotatable bonds is 9. The first-order valence-electron chi connectivity index (χ1n) is 10.8. The minimum absolute atomic E-state index is 0.108. The van der Waals surface area contributed by atoms with Gasteiger partial charge in [-0.05, 0) is 41.9 Å². The summed E-state index contributed by atoms with van der Waals surface area (Å²) in [6.07, 6.45) is -17.6. The number of allylic oxidation sites excluding steroid dienone is 1. The summed E-state index contributed by atoms with van der Waals surface area (Å²) in [6.45, 7) is 4.36. The second-order valence-electron chi connectivity index (χ2n) is 7.56. The van der Waals surface area contributed by atoms with E-state index in [9.17, 15) is 49.1 Å². The summed E-state index contributed by atoms with van der Waals surface area (Å²) in [5.74, 6) is -2.69. The Morgan fingerprint density at radius 2 is 1.70 bits per heavy atom. The third kappa shape index (κ3) is 7.09. The number of esters is 1. The van der Waals surface area contributed by atoms with Crippen molar-refractivity contribution in [2.75, 3.05) is 18.1 Å². The summed E-state index contributed by atoms with van der Waals surface area (Å²) in [6, 6.07) is -0.143. The van der Waals surface area contributed by atoms with Crippen molar-refractivity contribution in [1.82, 2.24) is 9.55 Å². The summed E-state index contributed by atoms with van der Waals surface area (Å²) in [5, 5.41) is -1.46. The molecule has 2 rings (SSSR count). The fourth-order valence-corrected chi connectivity index (χ4v) is 4.19. The Balaban J connectivity index is 3.25. The van der Waals surface area contributed by atoms with Gasteiger partial charge in [0.15, 0.2) is 5.69 Å². The van der Waals surface area contributed by atoms with Gasteiger partial charge in [-0.2, -0.15) is 39.5 Å². The van der Waals surface area contributed by atoms with Crippen LogP contribution in [0.15, 0.2) is 34.1 Å². The van der Waals surface area contributed by atoms with Crippen LogP contribution in [0.2, 0.25) is 5.02 Å². The summed E-state index contributed by atoms with van der Waals surface area (Å²) >= 11 is 8.16. The Labute approximate surface area is 233 Å². The fraction of sp³-hybridized carbons (Fsp3) is 0.409. The van der Waals surface area contributed by atoms with Crippen molar-refractivity contribution >= 4 is 45.1 Å². The van der Waals surface area contributed by atoms with Crippen LogP contribution in [0.25, 0.3) is 0 Å². The van der Waals surface area contributed by atoms with E-state index in [4.69, 9.17) is 21.1 Å². The molecule has 0 aliphatic heterocycles. The lowest BCUT2D eigenvalue weighted by Gasteiger charge is -2.34. The van der Waals surface area contributed by atoms with Gasteiger partial charge in [-0.15, -0.1) is 6.58 Å². The molecule has 222 valence electrons. The Morgan fingerprint density at radius 3 is 2.15 bits per heavy atom. The van der Waals surface area contributed by atoms with E-state index in [0.29, 0.717) is 4.57 Å². The molecule has 0 spiro atoms. The molecule has 1 aromatic heterocycles. The predicted octanol–water partition coefficient (Wildman–Crippen LogP) is 6.97. The molecule has 0 bridgehead atoms. The van der Waals surface area contributed by atoms with Crippen molar-refractivity contribution in [3.8, 4) is 0 Å². The molecule has 0 saturated heterocycles. The third-order valence-electron chi connectivity index (χ3n) is 4.88. The third-order valence-corrected chi connectivity index (χ3v) is 6.06. The van der Waals surface area contributed by atoms with Crippen molar-refractivity contribution in [2.45, 2.75) is 45.1 Å². The number of carbonyl (C=O) groups is 1. The van der Waals surface area contributed by atoms with Crippen LogP contribution in [0.3, 0.4) is 0 Å². The van der Waals surface area contributed by atoms with E-state index in [1.165, 1.54) is 13.8 Å². The SMILES string of the molecule is C=CCn1c(N(c2cc(C(F)(F)F)cc(C(F)(F)F)c2Br)C(OCC)C(=O)OCC)nc(C(F)(F)F)c(Cl)c1=O. The first kappa shape index (κ1) is 33.4. The van der Waals surface area contributed by atoms with Crippen LogP contribution in [0, 0.1) is 0 Å². The highest BCUT2D eigenvalue weighted by Gasteiger charge is 2.44. The van der Waals surface area contributed by atoms with Crippen LogP contribution in [-0.4, -0.2) is 35.0 Å². The topological polar surface area (TPSA) is 73.7 Å². The zero-order valence-electron chi connectivity index (χ0n) is 20.3. The number of hydrogen-bond donors (Lipinski definition) is 0. The summed E-state index contributed by atoms with van der Waals surface area (Å²) < 4.78 is 133. The van der Waals surface area contributed by atoms with E-state index < -0.39 is 87.4 Å². The molecule has 1 unspecified atom stereocenters. The molecule has 0 radical (unpaired) electrons. The molecule has 0 amide bonds. The first-order chi connectivity index (χ1) is 18.3. The highest BCUT2D eigenvalue weighted by Crippen LogP contribution is 2.46. The molecule has 1 atom stereocenters. The average Bonchev–Trinajstić information content (AvgIpc) is 2.81. The lowest BCUT2D eigenvalue weighted by molar-refractivity contribution is -0.155. The molecule has 2 aromatic rings. The average molecular weight is 675 g/mol. The van der Waals surface area contributed by atoms with Gasteiger partial charge in [0.25, 0.3) is 5.56 Å². The Hall–Kier alpha value is -2.79. The summed E-state index contributed by atoms with van der Waals surface area (Å²) in [4.78, 5) is 29.2. The maximum absolute atomic E-state index is 13.8. The van der Waals surface area contributed by atoms with Gasteiger partial charge in [-0.1, -0.05) is 17.7 Å². The number of aromatic nitrogens is 2. The summed E-state index contributed by atoms with van der Waals surface area (Å²) in [7, 11) is 0. The van der Waals surface area contributed by atoms with Gasteiger partial charge in [0.1, 0.15) is 5.02 Å². The van der Waals surface area contributed by atoms with Crippen LogP contribution < -0.4 is 10.5 Å². The Kier molecular flexibility index (Phi) is 10.3. The number of anilines is 2. The van der Waals surface area contributed by atoms with Gasteiger partial charge in [-0.3, -0.25) is 14.3 Å². The van der Waals surface area contributed by atoms with E-state index in [1.54, 1.807) is 0 Å². The number of benzene rings is 1. The molecule has 7 nitrogen and oxygen atoms in total. The second-order valence-corrected chi connectivity index (χ2v) is 8.73. The van der Waals surface area contributed by atoms with Crippen LogP contribution in [0.1, 0.15) is 30.7 Å². The van der Waals surface area contributed by atoms with Gasteiger partial charge >= 0.3 is 24.5 Å². The molecule has 1 aromatic carbocycles. The maximum Gasteiger partial charge on any atom is 0.435 e. The van der Waals surface area contributed by atoms with E-state index in [2.05, 4.69) is 27.5 Å². The zero-order valence-corrected chi connectivity index (χ0v) is 22.6. The number of halogens is 11. The molecular formula is C22H18BrClF9N3O4. The molecular weight excluding hydrogens is 657 g/mol. The molecule has 0 fully saturated rings. The highest BCUT2D eigenvalue weighted by molar-refractivity contribution is 9.10.